The number of aliphatic hydroxyl groups excluding tert-OH is 1. The number of alkyl halides is 1. The molecule has 0 bridgehead atoms. The molecular formula is C13H18BrNO3S. The highest BCUT2D eigenvalue weighted by atomic mass is 79.9. The van der Waals surface area contributed by atoms with Crippen LogP contribution in [0.4, 0.5) is 0 Å². The van der Waals surface area contributed by atoms with Crippen LogP contribution in [0.5, 0.6) is 0 Å². The maximum atomic E-state index is 12.1. The molecule has 0 spiro atoms. The highest BCUT2D eigenvalue weighted by Crippen LogP contribution is 2.48. The Hall–Kier alpha value is -0.430. The molecule has 1 aromatic carbocycles. The minimum absolute atomic E-state index is 0.0163. The lowest BCUT2D eigenvalue weighted by Crippen LogP contribution is -2.30. The normalized spacial score (nSPS) is 17.4. The summed E-state index contributed by atoms with van der Waals surface area (Å²) < 4.78 is 26.9. The van der Waals surface area contributed by atoms with Gasteiger partial charge < -0.3 is 5.11 Å². The van der Waals surface area contributed by atoms with E-state index < -0.39 is 10.0 Å². The molecule has 0 aliphatic heterocycles. The van der Waals surface area contributed by atoms with Gasteiger partial charge in [-0.25, -0.2) is 13.1 Å². The van der Waals surface area contributed by atoms with Crippen LogP contribution in [0.3, 0.4) is 0 Å². The zero-order chi connectivity index (χ0) is 13.9. The van der Waals surface area contributed by atoms with E-state index in [4.69, 9.17) is 5.11 Å². The maximum Gasteiger partial charge on any atom is 0.240 e. The van der Waals surface area contributed by atoms with Crippen LogP contribution in [0, 0.1) is 5.41 Å². The van der Waals surface area contributed by atoms with Gasteiger partial charge in [0.2, 0.25) is 10.0 Å². The number of hydrogen-bond donors (Lipinski definition) is 2. The Morgan fingerprint density at radius 3 is 2.37 bits per heavy atom. The van der Waals surface area contributed by atoms with Crippen LogP contribution in [-0.4, -0.2) is 26.7 Å². The van der Waals surface area contributed by atoms with E-state index in [0.29, 0.717) is 18.3 Å². The minimum Gasteiger partial charge on any atom is -0.396 e. The second kappa shape index (κ2) is 5.91. The number of nitrogens with one attached hydrogen (secondary N) is 1. The monoisotopic (exact) mass is 347 g/mol. The third-order valence-electron chi connectivity index (χ3n) is 3.62. The number of halogens is 1. The topological polar surface area (TPSA) is 66.4 Å². The van der Waals surface area contributed by atoms with Crippen LogP contribution in [0.2, 0.25) is 0 Å². The molecule has 0 atom stereocenters. The van der Waals surface area contributed by atoms with Crippen molar-refractivity contribution in [2.24, 2.45) is 5.41 Å². The van der Waals surface area contributed by atoms with Crippen molar-refractivity contribution in [3.63, 3.8) is 0 Å². The largest absolute Gasteiger partial charge is 0.396 e. The molecule has 0 saturated heterocycles. The first-order valence-electron chi connectivity index (χ1n) is 6.27. The third kappa shape index (κ3) is 3.78. The highest BCUT2D eigenvalue weighted by molar-refractivity contribution is 9.08. The molecule has 2 N–H and O–H groups in total. The van der Waals surface area contributed by atoms with E-state index in [1.165, 1.54) is 0 Å². The van der Waals surface area contributed by atoms with Gasteiger partial charge in [0.15, 0.2) is 0 Å². The SMILES string of the molecule is O=S(=O)(NCC1(CCO)CC1)c1ccc(CBr)cc1. The molecule has 2 rings (SSSR count). The van der Waals surface area contributed by atoms with Gasteiger partial charge in [-0.2, -0.15) is 0 Å². The van der Waals surface area contributed by atoms with E-state index in [0.717, 1.165) is 18.4 Å². The van der Waals surface area contributed by atoms with Gasteiger partial charge in [0.25, 0.3) is 0 Å². The van der Waals surface area contributed by atoms with Crippen molar-refractivity contribution in [1.82, 2.24) is 4.72 Å². The molecule has 4 nitrogen and oxygen atoms in total. The highest BCUT2D eigenvalue weighted by Gasteiger charge is 2.42. The first kappa shape index (κ1) is 15.0. The average Bonchev–Trinajstić information content (AvgIpc) is 3.18. The fourth-order valence-electron chi connectivity index (χ4n) is 2.02. The summed E-state index contributed by atoms with van der Waals surface area (Å²) in [5, 5.41) is 9.67. The van der Waals surface area contributed by atoms with Gasteiger partial charge in [-0.1, -0.05) is 28.1 Å². The summed E-state index contributed by atoms with van der Waals surface area (Å²) >= 11 is 3.33. The van der Waals surface area contributed by atoms with E-state index in [-0.39, 0.29) is 16.9 Å². The lowest BCUT2D eigenvalue weighted by molar-refractivity contribution is 0.249. The van der Waals surface area contributed by atoms with Crippen LogP contribution in [0.1, 0.15) is 24.8 Å². The second-order valence-corrected chi connectivity index (χ2v) is 7.40. The molecule has 0 heterocycles. The van der Waals surface area contributed by atoms with E-state index in [1.54, 1.807) is 24.3 Å². The van der Waals surface area contributed by atoms with Gasteiger partial charge in [0, 0.05) is 18.5 Å². The van der Waals surface area contributed by atoms with E-state index >= 15 is 0 Å². The number of sulfonamides is 1. The lowest BCUT2D eigenvalue weighted by Gasteiger charge is -2.14. The van der Waals surface area contributed by atoms with Gasteiger partial charge in [0.05, 0.1) is 4.90 Å². The van der Waals surface area contributed by atoms with Crippen molar-refractivity contribution in [3.8, 4) is 0 Å². The van der Waals surface area contributed by atoms with Crippen molar-refractivity contribution in [2.45, 2.75) is 29.5 Å². The summed E-state index contributed by atoms with van der Waals surface area (Å²) in [5.41, 5.74) is 1.02. The number of aliphatic hydroxyl groups is 1. The van der Waals surface area contributed by atoms with E-state index in [1.807, 2.05) is 0 Å². The second-order valence-electron chi connectivity index (χ2n) is 5.08. The molecule has 1 fully saturated rings. The Morgan fingerprint density at radius 1 is 1.26 bits per heavy atom. The van der Waals surface area contributed by atoms with Crippen LogP contribution in [0.15, 0.2) is 29.2 Å². The summed E-state index contributed by atoms with van der Waals surface area (Å²) in [6, 6.07) is 6.82. The van der Waals surface area contributed by atoms with Gasteiger partial charge >= 0.3 is 0 Å². The molecular weight excluding hydrogens is 330 g/mol. The predicted molar refractivity (Wildman–Crippen MR) is 77.6 cm³/mol. The minimum atomic E-state index is -3.44. The molecule has 1 aliphatic rings. The van der Waals surface area contributed by atoms with Gasteiger partial charge in [0.1, 0.15) is 0 Å². The molecule has 1 saturated carbocycles. The Bertz CT molecular complexity index is 523. The molecule has 0 radical (unpaired) electrons. The van der Waals surface area contributed by atoms with Crippen molar-refractivity contribution in [1.29, 1.82) is 0 Å². The smallest absolute Gasteiger partial charge is 0.240 e. The van der Waals surface area contributed by atoms with E-state index in [2.05, 4.69) is 20.7 Å². The van der Waals surface area contributed by atoms with Gasteiger partial charge in [-0.15, -0.1) is 0 Å². The van der Waals surface area contributed by atoms with Crippen LogP contribution >= 0.6 is 15.9 Å². The van der Waals surface area contributed by atoms with Crippen molar-refractivity contribution in [2.75, 3.05) is 13.2 Å². The Balaban J connectivity index is 2.01. The quantitative estimate of drug-likeness (QED) is 0.741. The number of rotatable bonds is 7. The predicted octanol–water partition coefficient (Wildman–Crippen LogP) is 2.02. The zero-order valence-corrected chi connectivity index (χ0v) is 13.0. The summed E-state index contributed by atoms with van der Waals surface area (Å²) in [4.78, 5) is 0.289. The van der Waals surface area contributed by atoms with Crippen LogP contribution < -0.4 is 4.72 Å². The molecule has 6 heteroatoms. The van der Waals surface area contributed by atoms with Crippen molar-refractivity contribution in [3.05, 3.63) is 29.8 Å². The van der Waals surface area contributed by atoms with E-state index in [9.17, 15) is 8.42 Å². The first-order valence-corrected chi connectivity index (χ1v) is 8.87. The molecule has 1 aromatic rings. The summed E-state index contributed by atoms with van der Waals surface area (Å²) in [6.07, 6.45) is 2.63. The first-order chi connectivity index (χ1) is 9.01. The fourth-order valence-corrected chi connectivity index (χ4v) is 3.55. The lowest BCUT2D eigenvalue weighted by atomic mass is 10.0. The molecule has 19 heavy (non-hydrogen) atoms. The van der Waals surface area contributed by atoms with Crippen LogP contribution in [-0.2, 0) is 15.4 Å². The molecule has 106 valence electrons. The summed E-state index contributed by atoms with van der Waals surface area (Å²) in [6.45, 7) is 0.526. The standard InChI is InChI=1S/C13H18BrNO3S/c14-9-11-1-3-12(4-2-11)19(17,18)15-10-13(5-6-13)7-8-16/h1-4,15-16H,5-10H2. The van der Waals surface area contributed by atoms with Crippen molar-refractivity contribution >= 4 is 26.0 Å². The summed E-state index contributed by atoms with van der Waals surface area (Å²) in [7, 11) is -3.44. The molecule has 0 unspecified atom stereocenters. The van der Waals surface area contributed by atoms with Gasteiger partial charge in [-0.3, -0.25) is 0 Å². The molecule has 0 aromatic heterocycles. The third-order valence-corrected chi connectivity index (χ3v) is 5.69. The molecule has 0 amide bonds. The Morgan fingerprint density at radius 2 is 1.89 bits per heavy atom. The summed E-state index contributed by atoms with van der Waals surface area (Å²) in [5.74, 6) is 0. The Labute approximate surface area is 122 Å². The average molecular weight is 348 g/mol. The number of hydrogen-bond acceptors (Lipinski definition) is 3. The van der Waals surface area contributed by atoms with Gasteiger partial charge in [-0.05, 0) is 42.4 Å². The maximum absolute atomic E-state index is 12.1. The van der Waals surface area contributed by atoms with Crippen molar-refractivity contribution < 1.29 is 13.5 Å². The van der Waals surface area contributed by atoms with Crippen LogP contribution in [0.25, 0.3) is 0 Å². The Kier molecular flexibility index (Phi) is 4.66. The zero-order valence-electron chi connectivity index (χ0n) is 10.6. The number of benzene rings is 1. The molecule has 1 aliphatic carbocycles. The fraction of sp³-hybridized carbons (Fsp3) is 0.538.